The number of carbonyl (C=O) groups is 1. The van der Waals surface area contributed by atoms with Gasteiger partial charge in [0.05, 0.1) is 12.9 Å². The molecule has 8 heteroatoms. The van der Waals surface area contributed by atoms with Gasteiger partial charge >= 0.3 is 11.8 Å². The maximum Gasteiger partial charge on any atom is 0.406 e. The lowest BCUT2D eigenvalue weighted by Crippen LogP contribution is -2.08. The Morgan fingerprint density at radius 2 is 2.29 bits per heavy atom. The van der Waals surface area contributed by atoms with Gasteiger partial charge in [0, 0.05) is 0 Å². The third-order valence-electron chi connectivity index (χ3n) is 2.52. The Kier molecular flexibility index (Phi) is 4.50. The number of nitrogens with zero attached hydrogens (tertiary/aromatic N) is 2. The third-order valence-corrected chi connectivity index (χ3v) is 2.52. The molecule has 0 unspecified atom stereocenters. The summed E-state index contributed by atoms with van der Waals surface area (Å²) >= 11 is 0. The fraction of sp³-hybridized carbons (Fsp3) is 0.231. The maximum absolute atomic E-state index is 11.7. The molecule has 0 N–H and O–H groups in total. The van der Waals surface area contributed by atoms with Crippen LogP contribution in [0.15, 0.2) is 35.1 Å². The molecule has 0 spiro atoms. The van der Waals surface area contributed by atoms with Crippen LogP contribution in [-0.4, -0.2) is 22.5 Å². The molecule has 0 aliphatic heterocycles. The molecule has 21 heavy (non-hydrogen) atoms. The zero-order valence-electron chi connectivity index (χ0n) is 11.1. The highest BCUT2D eigenvalue weighted by Crippen LogP contribution is 2.24. The highest BCUT2D eigenvalue weighted by molar-refractivity contribution is 5.90. The van der Waals surface area contributed by atoms with Crippen molar-refractivity contribution in [2.24, 2.45) is 0 Å². The number of hydrogen-bond donors (Lipinski definition) is 0. The van der Waals surface area contributed by atoms with E-state index in [1.54, 1.807) is 6.92 Å². The van der Waals surface area contributed by atoms with Gasteiger partial charge in [-0.15, -0.1) is 0 Å². The highest BCUT2D eigenvalue weighted by atomic mass is 16.6. The molecule has 0 radical (unpaired) electrons. The van der Waals surface area contributed by atoms with Gasteiger partial charge in [0.1, 0.15) is 18.4 Å². The summed E-state index contributed by atoms with van der Waals surface area (Å²) in [6.07, 6.45) is 2.62. The number of rotatable bonds is 6. The lowest BCUT2D eigenvalue weighted by Gasteiger charge is -2.06. The van der Waals surface area contributed by atoms with Gasteiger partial charge in [0.25, 0.3) is 0 Å². The Labute approximate surface area is 119 Å². The zero-order valence-corrected chi connectivity index (χ0v) is 11.1. The van der Waals surface area contributed by atoms with E-state index in [-0.39, 0.29) is 30.3 Å². The minimum absolute atomic E-state index is 0.00583. The number of pyridine rings is 1. The van der Waals surface area contributed by atoms with Crippen LogP contribution < -0.4 is 4.74 Å². The fourth-order valence-electron chi connectivity index (χ4n) is 1.62. The number of furan rings is 1. The average molecular weight is 292 g/mol. The van der Waals surface area contributed by atoms with E-state index in [4.69, 9.17) is 13.9 Å². The van der Waals surface area contributed by atoms with Gasteiger partial charge in [-0.3, -0.25) is 0 Å². The number of hydrogen-bond acceptors (Lipinski definition) is 7. The molecule has 0 atom stereocenters. The Morgan fingerprint density at radius 3 is 3.00 bits per heavy atom. The Bertz CT molecular complexity index is 652. The van der Waals surface area contributed by atoms with Gasteiger partial charge in [-0.25, -0.2) is 4.79 Å². The number of aromatic nitrogens is 1. The van der Waals surface area contributed by atoms with Gasteiger partial charge in [-0.1, -0.05) is 0 Å². The molecule has 0 aliphatic rings. The van der Waals surface area contributed by atoms with Crippen molar-refractivity contribution in [2.75, 3.05) is 6.61 Å². The van der Waals surface area contributed by atoms with Gasteiger partial charge in [-0.2, -0.15) is 0 Å². The summed E-state index contributed by atoms with van der Waals surface area (Å²) in [7, 11) is 0. The van der Waals surface area contributed by atoms with Crippen molar-refractivity contribution in [3.05, 3.63) is 52.1 Å². The molecule has 2 aromatic heterocycles. The lowest BCUT2D eigenvalue weighted by atomic mass is 10.2. The van der Waals surface area contributed by atoms with Crippen LogP contribution in [0.5, 0.6) is 5.75 Å². The summed E-state index contributed by atoms with van der Waals surface area (Å²) in [5, 5.41) is 10.8. The molecule has 110 valence electrons. The van der Waals surface area contributed by atoms with Gasteiger partial charge < -0.3 is 24.0 Å². The Morgan fingerprint density at radius 1 is 1.48 bits per heavy atom. The third kappa shape index (κ3) is 3.35. The first-order chi connectivity index (χ1) is 10.1. The number of nitro groups is 1. The van der Waals surface area contributed by atoms with Crippen molar-refractivity contribution in [3.8, 4) is 5.75 Å². The largest absolute Gasteiger partial charge is 0.477 e. The molecule has 0 amide bonds. The standard InChI is InChI=1S/C13H12N2O6/c1-2-19-13(16)9-5-7-20-11(9)8-21-10-4-3-6-14-12(10)15(17)18/h3-7H,2,8H2,1H3. The number of esters is 1. The number of carbonyl (C=O) groups excluding carboxylic acids is 1. The van der Waals surface area contributed by atoms with E-state index in [0.717, 1.165) is 0 Å². The quantitative estimate of drug-likeness (QED) is 0.457. The predicted octanol–water partition coefficient (Wildman–Crippen LogP) is 2.34. The molecule has 2 heterocycles. The number of ether oxygens (including phenoxy) is 2. The smallest absolute Gasteiger partial charge is 0.406 e. The minimum Gasteiger partial charge on any atom is -0.477 e. The van der Waals surface area contributed by atoms with E-state index in [2.05, 4.69) is 4.98 Å². The summed E-state index contributed by atoms with van der Waals surface area (Å²) in [6, 6.07) is 4.38. The van der Waals surface area contributed by atoms with Crippen molar-refractivity contribution in [1.82, 2.24) is 4.98 Å². The molecule has 0 saturated carbocycles. The topological polar surface area (TPSA) is 105 Å². The van der Waals surface area contributed by atoms with Gasteiger partial charge in [0.15, 0.2) is 5.76 Å². The van der Waals surface area contributed by atoms with Crippen molar-refractivity contribution in [2.45, 2.75) is 13.5 Å². The molecular weight excluding hydrogens is 280 g/mol. The van der Waals surface area contributed by atoms with Crippen LogP contribution in [0.4, 0.5) is 5.82 Å². The molecule has 0 fully saturated rings. The van der Waals surface area contributed by atoms with E-state index < -0.39 is 16.7 Å². The molecule has 0 saturated heterocycles. The summed E-state index contributed by atoms with van der Waals surface area (Å²) < 4.78 is 15.3. The van der Waals surface area contributed by atoms with Gasteiger partial charge in [0.2, 0.25) is 5.75 Å². The van der Waals surface area contributed by atoms with Crippen LogP contribution in [0.2, 0.25) is 0 Å². The minimum atomic E-state index is -0.649. The maximum atomic E-state index is 11.7. The molecule has 2 aromatic rings. The second kappa shape index (κ2) is 6.51. The van der Waals surface area contributed by atoms with Crippen LogP contribution in [0.25, 0.3) is 0 Å². The van der Waals surface area contributed by atoms with E-state index >= 15 is 0 Å². The van der Waals surface area contributed by atoms with E-state index in [0.29, 0.717) is 0 Å². The van der Waals surface area contributed by atoms with Crippen LogP contribution in [0.3, 0.4) is 0 Å². The van der Waals surface area contributed by atoms with Crippen LogP contribution >= 0.6 is 0 Å². The molecular formula is C13H12N2O6. The molecule has 0 aromatic carbocycles. The summed E-state index contributed by atoms with van der Waals surface area (Å²) in [5.41, 5.74) is 0.225. The lowest BCUT2D eigenvalue weighted by molar-refractivity contribution is -0.390. The molecule has 8 nitrogen and oxygen atoms in total. The summed E-state index contributed by atoms with van der Waals surface area (Å²) in [4.78, 5) is 25.4. The van der Waals surface area contributed by atoms with Gasteiger partial charge in [-0.05, 0) is 35.0 Å². The molecule has 2 rings (SSSR count). The first-order valence-electron chi connectivity index (χ1n) is 6.09. The van der Waals surface area contributed by atoms with Crippen molar-refractivity contribution in [1.29, 1.82) is 0 Å². The molecule has 0 bridgehead atoms. The SMILES string of the molecule is CCOC(=O)c1ccoc1COc1cccnc1[N+](=O)[O-]. The Balaban J connectivity index is 2.13. The Hall–Kier alpha value is -2.90. The van der Waals surface area contributed by atoms with E-state index in [1.165, 1.54) is 30.7 Å². The normalized spacial score (nSPS) is 10.1. The monoisotopic (exact) mass is 292 g/mol. The predicted molar refractivity (Wildman–Crippen MR) is 69.9 cm³/mol. The van der Waals surface area contributed by atoms with Crippen molar-refractivity contribution >= 4 is 11.8 Å². The van der Waals surface area contributed by atoms with Crippen molar-refractivity contribution in [3.63, 3.8) is 0 Å². The van der Waals surface area contributed by atoms with Crippen LogP contribution in [0, 0.1) is 10.1 Å². The van der Waals surface area contributed by atoms with Crippen molar-refractivity contribution < 1.29 is 23.6 Å². The highest BCUT2D eigenvalue weighted by Gasteiger charge is 2.19. The summed E-state index contributed by atoms with van der Waals surface area (Å²) in [5.74, 6) is -0.715. The molecule has 0 aliphatic carbocycles. The average Bonchev–Trinajstić information content (AvgIpc) is 2.94. The fourth-order valence-corrected chi connectivity index (χ4v) is 1.62. The summed E-state index contributed by atoms with van der Waals surface area (Å²) in [6.45, 7) is 1.78. The zero-order chi connectivity index (χ0) is 15.2. The van der Waals surface area contributed by atoms with Crippen LogP contribution in [-0.2, 0) is 11.3 Å². The first-order valence-corrected chi connectivity index (χ1v) is 6.09. The second-order valence-corrected chi connectivity index (χ2v) is 3.85. The second-order valence-electron chi connectivity index (χ2n) is 3.85. The van der Waals surface area contributed by atoms with Crippen LogP contribution in [0.1, 0.15) is 23.0 Å². The first kappa shape index (κ1) is 14.5. The van der Waals surface area contributed by atoms with E-state index in [9.17, 15) is 14.9 Å². The van der Waals surface area contributed by atoms with E-state index in [1.807, 2.05) is 0 Å².